The van der Waals surface area contributed by atoms with Crippen LogP contribution in [0.2, 0.25) is 0 Å². The number of aromatic nitrogens is 2. The Hall–Kier alpha value is -1.94. The molecule has 0 aliphatic heterocycles. The van der Waals surface area contributed by atoms with Crippen molar-refractivity contribution in [1.82, 2.24) is 15.3 Å². The van der Waals surface area contributed by atoms with Crippen LogP contribution in [0.15, 0.2) is 30.5 Å². The molecule has 112 valence electrons. The summed E-state index contributed by atoms with van der Waals surface area (Å²) in [6.07, 6.45) is 3.78. The lowest BCUT2D eigenvalue weighted by Gasteiger charge is -2.20. The number of hydrogen-bond donors (Lipinski definition) is 2. The fourth-order valence-electron chi connectivity index (χ4n) is 2.55. The van der Waals surface area contributed by atoms with Crippen molar-refractivity contribution < 1.29 is 0 Å². The molecular weight excluding hydrogens is 260 g/mol. The van der Waals surface area contributed by atoms with Crippen LogP contribution in [0.25, 0.3) is 0 Å². The number of aryl methyl sites for hydroxylation is 2. The Labute approximate surface area is 126 Å². The summed E-state index contributed by atoms with van der Waals surface area (Å²) >= 11 is 0. The van der Waals surface area contributed by atoms with Crippen molar-refractivity contribution in [3.63, 3.8) is 0 Å². The van der Waals surface area contributed by atoms with E-state index in [2.05, 4.69) is 34.3 Å². The topological polar surface area (TPSA) is 63.8 Å². The molecule has 1 unspecified atom stereocenters. The highest BCUT2D eigenvalue weighted by Crippen LogP contribution is 2.20. The Morgan fingerprint density at radius 3 is 2.52 bits per heavy atom. The number of nitrogens with zero attached hydrogens (tertiary/aromatic N) is 2. The molecule has 0 aromatic carbocycles. The molecule has 21 heavy (non-hydrogen) atoms. The summed E-state index contributed by atoms with van der Waals surface area (Å²) in [5.74, 6) is 0.573. The molecule has 1 atom stereocenters. The summed E-state index contributed by atoms with van der Waals surface area (Å²) in [5.41, 5.74) is 10.4. The molecule has 2 aromatic rings. The predicted octanol–water partition coefficient (Wildman–Crippen LogP) is 2.96. The molecule has 0 aliphatic carbocycles. The lowest BCUT2D eigenvalue weighted by Crippen LogP contribution is -2.24. The van der Waals surface area contributed by atoms with Crippen LogP contribution >= 0.6 is 0 Å². The highest BCUT2D eigenvalue weighted by molar-refractivity contribution is 5.33. The van der Waals surface area contributed by atoms with E-state index in [9.17, 15) is 0 Å². The van der Waals surface area contributed by atoms with Crippen LogP contribution in [0.5, 0.6) is 0 Å². The third kappa shape index (κ3) is 4.53. The first-order chi connectivity index (χ1) is 10.1. The molecule has 0 bridgehead atoms. The minimum absolute atomic E-state index is 0.271. The van der Waals surface area contributed by atoms with Gasteiger partial charge in [-0.15, -0.1) is 0 Å². The fraction of sp³-hybridized carbons (Fsp3) is 0.412. The highest BCUT2D eigenvalue weighted by atomic mass is 14.9. The van der Waals surface area contributed by atoms with Crippen molar-refractivity contribution in [2.45, 2.75) is 39.7 Å². The molecule has 0 spiro atoms. The Bertz CT molecular complexity index is 575. The Morgan fingerprint density at radius 2 is 1.90 bits per heavy atom. The monoisotopic (exact) mass is 284 g/mol. The van der Waals surface area contributed by atoms with Crippen molar-refractivity contribution in [1.29, 1.82) is 0 Å². The average Bonchev–Trinajstić information content (AvgIpc) is 2.42. The maximum Gasteiger partial charge on any atom is 0.123 e. The van der Waals surface area contributed by atoms with E-state index < -0.39 is 0 Å². The van der Waals surface area contributed by atoms with Crippen molar-refractivity contribution in [2.24, 2.45) is 0 Å². The SMILES string of the molecule is CCCNC(Cc1ccnc(N)c1)c1cc(C)nc(C)c1. The van der Waals surface area contributed by atoms with Gasteiger partial charge < -0.3 is 11.1 Å². The van der Waals surface area contributed by atoms with Gasteiger partial charge in [-0.1, -0.05) is 6.92 Å². The first kappa shape index (κ1) is 15.4. The van der Waals surface area contributed by atoms with Gasteiger partial charge in [0.15, 0.2) is 0 Å². The molecule has 0 radical (unpaired) electrons. The van der Waals surface area contributed by atoms with Gasteiger partial charge in [-0.3, -0.25) is 4.98 Å². The number of hydrogen-bond acceptors (Lipinski definition) is 4. The highest BCUT2D eigenvalue weighted by Gasteiger charge is 2.13. The fourth-order valence-corrected chi connectivity index (χ4v) is 2.55. The van der Waals surface area contributed by atoms with Gasteiger partial charge in [0.2, 0.25) is 0 Å². The van der Waals surface area contributed by atoms with Gasteiger partial charge in [0.25, 0.3) is 0 Å². The van der Waals surface area contributed by atoms with Crippen molar-refractivity contribution >= 4 is 5.82 Å². The third-order valence-electron chi connectivity index (χ3n) is 3.43. The number of anilines is 1. The van der Waals surface area contributed by atoms with Gasteiger partial charge in [0.1, 0.15) is 5.82 Å². The minimum Gasteiger partial charge on any atom is -0.384 e. The normalized spacial score (nSPS) is 12.3. The van der Waals surface area contributed by atoms with Gasteiger partial charge in [-0.05, 0) is 68.6 Å². The first-order valence-electron chi connectivity index (χ1n) is 7.47. The molecule has 4 nitrogen and oxygen atoms in total. The molecule has 0 aliphatic rings. The lowest BCUT2D eigenvalue weighted by molar-refractivity contribution is 0.528. The predicted molar refractivity (Wildman–Crippen MR) is 87.1 cm³/mol. The van der Waals surface area contributed by atoms with Crippen LogP contribution in [0.3, 0.4) is 0 Å². The number of nitrogens with two attached hydrogens (primary N) is 1. The van der Waals surface area contributed by atoms with Crippen LogP contribution in [0, 0.1) is 13.8 Å². The maximum atomic E-state index is 5.78. The Kier molecular flexibility index (Phi) is 5.28. The van der Waals surface area contributed by atoms with Crippen LogP contribution in [0.4, 0.5) is 5.82 Å². The molecule has 2 aromatic heterocycles. The van der Waals surface area contributed by atoms with Crippen LogP contribution in [0.1, 0.15) is 41.9 Å². The second-order valence-corrected chi connectivity index (χ2v) is 5.48. The molecule has 2 heterocycles. The Balaban J connectivity index is 2.25. The van der Waals surface area contributed by atoms with E-state index >= 15 is 0 Å². The summed E-state index contributed by atoms with van der Waals surface area (Å²) in [4.78, 5) is 8.52. The van der Waals surface area contributed by atoms with Crippen molar-refractivity contribution in [3.8, 4) is 0 Å². The second kappa shape index (κ2) is 7.18. The van der Waals surface area contributed by atoms with E-state index in [1.54, 1.807) is 6.20 Å². The zero-order valence-electron chi connectivity index (χ0n) is 13.1. The zero-order chi connectivity index (χ0) is 15.2. The molecular formula is C17H24N4. The summed E-state index contributed by atoms with van der Waals surface area (Å²) in [7, 11) is 0. The van der Waals surface area contributed by atoms with Crippen molar-refractivity contribution in [2.75, 3.05) is 12.3 Å². The van der Waals surface area contributed by atoms with Gasteiger partial charge in [0.05, 0.1) is 0 Å². The number of nitrogen functional groups attached to an aromatic ring is 1. The molecule has 4 heteroatoms. The van der Waals surface area contributed by atoms with Crippen LogP contribution in [-0.4, -0.2) is 16.5 Å². The second-order valence-electron chi connectivity index (χ2n) is 5.48. The van der Waals surface area contributed by atoms with E-state index in [4.69, 9.17) is 5.73 Å². The molecule has 0 saturated carbocycles. The van der Waals surface area contributed by atoms with E-state index in [0.29, 0.717) is 5.82 Å². The number of rotatable bonds is 6. The van der Waals surface area contributed by atoms with Gasteiger partial charge >= 0.3 is 0 Å². The van der Waals surface area contributed by atoms with E-state index in [-0.39, 0.29) is 6.04 Å². The minimum atomic E-state index is 0.271. The van der Waals surface area contributed by atoms with Gasteiger partial charge in [0, 0.05) is 23.6 Å². The third-order valence-corrected chi connectivity index (χ3v) is 3.43. The summed E-state index contributed by atoms with van der Waals surface area (Å²) < 4.78 is 0. The molecule has 0 saturated heterocycles. The smallest absolute Gasteiger partial charge is 0.123 e. The molecule has 2 rings (SSSR count). The molecule has 0 amide bonds. The van der Waals surface area contributed by atoms with Crippen LogP contribution in [-0.2, 0) is 6.42 Å². The summed E-state index contributed by atoms with van der Waals surface area (Å²) in [6, 6.07) is 8.56. The Morgan fingerprint density at radius 1 is 1.19 bits per heavy atom. The summed E-state index contributed by atoms with van der Waals surface area (Å²) in [6.45, 7) is 7.25. The van der Waals surface area contributed by atoms with E-state index in [0.717, 1.165) is 30.8 Å². The lowest BCUT2D eigenvalue weighted by atomic mass is 9.98. The van der Waals surface area contributed by atoms with Gasteiger partial charge in [-0.25, -0.2) is 4.98 Å². The summed E-state index contributed by atoms with van der Waals surface area (Å²) in [5, 5.41) is 3.62. The number of nitrogens with one attached hydrogen (secondary N) is 1. The number of pyridine rings is 2. The zero-order valence-corrected chi connectivity index (χ0v) is 13.1. The van der Waals surface area contributed by atoms with Crippen LogP contribution < -0.4 is 11.1 Å². The quantitative estimate of drug-likeness (QED) is 0.856. The van der Waals surface area contributed by atoms with E-state index in [1.165, 1.54) is 11.1 Å². The molecule has 3 N–H and O–H groups in total. The average molecular weight is 284 g/mol. The standard InChI is InChI=1S/C17H24N4/c1-4-6-19-16(10-14-5-7-20-17(18)11-14)15-8-12(2)21-13(3)9-15/h5,7-9,11,16,19H,4,6,10H2,1-3H3,(H2,18,20). The maximum absolute atomic E-state index is 5.78. The first-order valence-corrected chi connectivity index (χ1v) is 7.47. The van der Waals surface area contributed by atoms with Crippen molar-refractivity contribution in [3.05, 3.63) is 53.0 Å². The molecule has 0 fully saturated rings. The largest absolute Gasteiger partial charge is 0.384 e. The van der Waals surface area contributed by atoms with E-state index in [1.807, 2.05) is 26.0 Å². The van der Waals surface area contributed by atoms with Gasteiger partial charge in [-0.2, -0.15) is 0 Å².